The Morgan fingerprint density at radius 1 is 1.50 bits per heavy atom. The minimum absolute atomic E-state index is 0.0353. The molecule has 3 unspecified atom stereocenters. The number of nitrogens with one attached hydrogen (secondary N) is 1. The number of aromatic amines is 1. The molecule has 0 bridgehead atoms. The Labute approximate surface area is 104 Å². The van der Waals surface area contributed by atoms with Crippen LogP contribution in [0.5, 0.6) is 0 Å². The van der Waals surface area contributed by atoms with Crippen LogP contribution in [0.2, 0.25) is 0 Å². The maximum atomic E-state index is 11.1. The van der Waals surface area contributed by atoms with Gasteiger partial charge in [0, 0.05) is 6.61 Å². The van der Waals surface area contributed by atoms with E-state index < -0.39 is 5.76 Å². The molecule has 0 spiro atoms. The van der Waals surface area contributed by atoms with Crippen molar-refractivity contribution in [2.45, 2.75) is 25.5 Å². The standard InChI is InChI=1S/C13H16N2O3/c1-7-4-5-17-12(7)11(14)8-2-3-9-10(6-8)18-13(16)15-9/h2-3,6-7,11-12H,4-5,14H2,1H3,(H,15,16). The zero-order valence-electron chi connectivity index (χ0n) is 10.2. The minimum Gasteiger partial charge on any atom is -0.408 e. The van der Waals surface area contributed by atoms with E-state index in [0.29, 0.717) is 17.0 Å². The lowest BCUT2D eigenvalue weighted by molar-refractivity contribution is 0.0725. The summed E-state index contributed by atoms with van der Waals surface area (Å²) in [5.74, 6) is 0.00938. The third-order valence-corrected chi connectivity index (χ3v) is 3.63. The molecule has 18 heavy (non-hydrogen) atoms. The normalized spacial score (nSPS) is 25.7. The number of hydrogen-bond donors (Lipinski definition) is 2. The fourth-order valence-corrected chi connectivity index (χ4v) is 2.54. The van der Waals surface area contributed by atoms with Crippen molar-refractivity contribution in [2.75, 3.05) is 6.61 Å². The average Bonchev–Trinajstić information content (AvgIpc) is 2.91. The first kappa shape index (κ1) is 11.5. The Morgan fingerprint density at radius 2 is 2.33 bits per heavy atom. The molecule has 3 atom stereocenters. The van der Waals surface area contributed by atoms with E-state index in [1.54, 1.807) is 0 Å². The first-order valence-electron chi connectivity index (χ1n) is 6.15. The molecule has 3 rings (SSSR count). The monoisotopic (exact) mass is 248 g/mol. The molecule has 1 fully saturated rings. The van der Waals surface area contributed by atoms with Crippen LogP contribution >= 0.6 is 0 Å². The Hall–Kier alpha value is -1.59. The van der Waals surface area contributed by atoms with E-state index in [9.17, 15) is 4.79 Å². The largest absolute Gasteiger partial charge is 0.417 e. The summed E-state index contributed by atoms with van der Waals surface area (Å²) in [5, 5.41) is 0. The Balaban J connectivity index is 1.95. The van der Waals surface area contributed by atoms with Crippen molar-refractivity contribution in [2.24, 2.45) is 11.7 Å². The van der Waals surface area contributed by atoms with Crippen molar-refractivity contribution in [3.8, 4) is 0 Å². The van der Waals surface area contributed by atoms with E-state index in [0.717, 1.165) is 18.6 Å². The molecular formula is C13H16N2O3. The molecule has 2 aromatic rings. The van der Waals surface area contributed by atoms with Crippen molar-refractivity contribution in [3.63, 3.8) is 0 Å². The molecule has 1 aromatic carbocycles. The fourth-order valence-electron chi connectivity index (χ4n) is 2.54. The van der Waals surface area contributed by atoms with Crippen LogP contribution < -0.4 is 11.5 Å². The molecule has 3 N–H and O–H groups in total. The molecule has 1 aromatic heterocycles. The van der Waals surface area contributed by atoms with Gasteiger partial charge < -0.3 is 14.9 Å². The summed E-state index contributed by atoms with van der Waals surface area (Å²) in [6.45, 7) is 2.91. The van der Waals surface area contributed by atoms with Gasteiger partial charge in [0.1, 0.15) is 0 Å². The van der Waals surface area contributed by atoms with E-state index in [2.05, 4.69) is 11.9 Å². The van der Waals surface area contributed by atoms with Gasteiger partial charge in [0.25, 0.3) is 0 Å². The van der Waals surface area contributed by atoms with Crippen LogP contribution in [0.3, 0.4) is 0 Å². The van der Waals surface area contributed by atoms with Crippen molar-refractivity contribution < 1.29 is 9.15 Å². The summed E-state index contributed by atoms with van der Waals surface area (Å²) in [5.41, 5.74) is 8.40. The van der Waals surface area contributed by atoms with Crippen LogP contribution in [-0.2, 0) is 4.74 Å². The van der Waals surface area contributed by atoms with Gasteiger partial charge in [-0.25, -0.2) is 4.79 Å². The van der Waals surface area contributed by atoms with Crippen LogP contribution in [-0.4, -0.2) is 17.7 Å². The molecule has 1 aliphatic rings. The van der Waals surface area contributed by atoms with Gasteiger partial charge in [-0.2, -0.15) is 0 Å². The van der Waals surface area contributed by atoms with Crippen LogP contribution in [0.25, 0.3) is 11.1 Å². The zero-order valence-corrected chi connectivity index (χ0v) is 10.2. The number of H-pyrrole nitrogens is 1. The maximum Gasteiger partial charge on any atom is 0.417 e. The molecule has 5 heteroatoms. The first-order chi connectivity index (χ1) is 8.65. The molecule has 1 aliphatic heterocycles. The predicted octanol–water partition coefficient (Wildman–Crippen LogP) is 1.55. The average molecular weight is 248 g/mol. The van der Waals surface area contributed by atoms with Crippen molar-refractivity contribution in [1.29, 1.82) is 0 Å². The summed E-state index contributed by atoms with van der Waals surface area (Å²) >= 11 is 0. The molecule has 96 valence electrons. The Bertz CT molecular complexity index is 616. The van der Waals surface area contributed by atoms with Gasteiger partial charge in [-0.15, -0.1) is 0 Å². The highest BCUT2D eigenvalue weighted by molar-refractivity contribution is 5.72. The topological polar surface area (TPSA) is 81.2 Å². The van der Waals surface area contributed by atoms with Crippen LogP contribution in [0.4, 0.5) is 0 Å². The van der Waals surface area contributed by atoms with Crippen molar-refractivity contribution in [1.82, 2.24) is 4.98 Å². The number of aromatic nitrogens is 1. The number of hydrogen-bond acceptors (Lipinski definition) is 4. The third kappa shape index (κ3) is 1.85. The van der Waals surface area contributed by atoms with Gasteiger partial charge in [0.05, 0.1) is 17.7 Å². The van der Waals surface area contributed by atoms with E-state index in [1.165, 1.54) is 0 Å². The fraction of sp³-hybridized carbons (Fsp3) is 0.462. The van der Waals surface area contributed by atoms with Gasteiger partial charge >= 0.3 is 5.76 Å². The molecule has 0 radical (unpaired) electrons. The number of benzene rings is 1. The molecule has 5 nitrogen and oxygen atoms in total. The smallest absolute Gasteiger partial charge is 0.408 e. The molecule has 2 heterocycles. The molecule has 1 saturated heterocycles. The Kier molecular flexibility index (Phi) is 2.72. The number of fused-ring (bicyclic) bond motifs is 1. The van der Waals surface area contributed by atoms with Gasteiger partial charge in [-0.3, -0.25) is 4.98 Å². The maximum absolute atomic E-state index is 11.1. The van der Waals surface area contributed by atoms with Crippen LogP contribution in [0.1, 0.15) is 24.9 Å². The summed E-state index contributed by atoms with van der Waals surface area (Å²) < 4.78 is 10.7. The third-order valence-electron chi connectivity index (χ3n) is 3.63. The molecular weight excluding hydrogens is 232 g/mol. The SMILES string of the molecule is CC1CCOC1C(N)c1ccc2[nH]c(=O)oc2c1. The highest BCUT2D eigenvalue weighted by atomic mass is 16.5. The summed E-state index contributed by atoms with van der Waals surface area (Å²) in [6, 6.07) is 5.35. The second kappa shape index (κ2) is 4.26. The molecule has 0 amide bonds. The van der Waals surface area contributed by atoms with Gasteiger partial charge in [-0.05, 0) is 30.0 Å². The second-order valence-electron chi connectivity index (χ2n) is 4.90. The number of oxazole rings is 1. The summed E-state index contributed by atoms with van der Waals surface area (Å²) in [6.07, 6.45) is 1.08. The van der Waals surface area contributed by atoms with E-state index >= 15 is 0 Å². The quantitative estimate of drug-likeness (QED) is 0.844. The predicted molar refractivity (Wildman–Crippen MR) is 67.3 cm³/mol. The summed E-state index contributed by atoms with van der Waals surface area (Å²) in [7, 11) is 0. The van der Waals surface area contributed by atoms with Gasteiger partial charge in [0.2, 0.25) is 0 Å². The van der Waals surface area contributed by atoms with Crippen molar-refractivity contribution >= 4 is 11.1 Å². The van der Waals surface area contributed by atoms with Crippen LogP contribution in [0.15, 0.2) is 27.4 Å². The highest BCUT2D eigenvalue weighted by Crippen LogP contribution is 2.30. The molecule has 0 saturated carbocycles. The van der Waals surface area contributed by atoms with Crippen LogP contribution in [0, 0.1) is 5.92 Å². The zero-order chi connectivity index (χ0) is 12.7. The van der Waals surface area contributed by atoms with E-state index in [4.69, 9.17) is 14.9 Å². The minimum atomic E-state index is -0.443. The van der Waals surface area contributed by atoms with Gasteiger partial charge in [0.15, 0.2) is 5.58 Å². The number of nitrogens with two attached hydrogens (primary N) is 1. The lowest BCUT2D eigenvalue weighted by atomic mass is 9.93. The Morgan fingerprint density at radius 3 is 3.06 bits per heavy atom. The lowest BCUT2D eigenvalue weighted by Crippen LogP contribution is -2.29. The highest BCUT2D eigenvalue weighted by Gasteiger charge is 2.30. The molecule has 0 aliphatic carbocycles. The van der Waals surface area contributed by atoms with Crippen molar-refractivity contribution in [3.05, 3.63) is 34.3 Å². The lowest BCUT2D eigenvalue weighted by Gasteiger charge is -2.22. The van der Waals surface area contributed by atoms with Gasteiger partial charge in [-0.1, -0.05) is 13.0 Å². The van der Waals surface area contributed by atoms with E-state index in [-0.39, 0.29) is 12.1 Å². The second-order valence-corrected chi connectivity index (χ2v) is 4.90. The number of rotatable bonds is 2. The summed E-state index contributed by atoms with van der Waals surface area (Å²) in [4.78, 5) is 13.7. The number of ether oxygens (including phenoxy) is 1. The first-order valence-corrected chi connectivity index (χ1v) is 6.15. The van der Waals surface area contributed by atoms with E-state index in [1.807, 2.05) is 18.2 Å².